The van der Waals surface area contributed by atoms with Crippen molar-refractivity contribution in [1.29, 1.82) is 0 Å². The van der Waals surface area contributed by atoms with Gasteiger partial charge in [-0.15, -0.1) is 11.3 Å². The summed E-state index contributed by atoms with van der Waals surface area (Å²) in [5.41, 5.74) is 7.76. The van der Waals surface area contributed by atoms with E-state index in [-0.39, 0.29) is 0 Å². The van der Waals surface area contributed by atoms with Crippen LogP contribution >= 0.6 is 27.3 Å². The fourth-order valence-electron chi connectivity index (χ4n) is 1.85. The number of aryl methyl sites for hydroxylation is 1. The van der Waals surface area contributed by atoms with Gasteiger partial charge in [0.1, 0.15) is 4.21 Å². The number of para-hydroxylation sites is 2. The number of nitrogens with two attached hydrogens (primary N) is 1. The number of hydrogen-bond acceptors (Lipinski definition) is 4. The van der Waals surface area contributed by atoms with E-state index < -0.39 is 10.0 Å². The van der Waals surface area contributed by atoms with Crippen LogP contribution in [0.3, 0.4) is 0 Å². The summed E-state index contributed by atoms with van der Waals surface area (Å²) in [7, 11) is -3.59. The van der Waals surface area contributed by atoms with Crippen LogP contribution in [0.25, 0.3) is 0 Å². The lowest BCUT2D eigenvalue weighted by Crippen LogP contribution is -2.30. The molecule has 108 valence electrons. The molecule has 0 spiro atoms. The molecule has 20 heavy (non-hydrogen) atoms. The molecule has 0 aliphatic heterocycles. The number of sulfonamides is 1. The van der Waals surface area contributed by atoms with Crippen molar-refractivity contribution in [3.8, 4) is 0 Å². The lowest BCUT2D eigenvalue weighted by Gasteiger charge is -2.23. The Labute approximate surface area is 131 Å². The van der Waals surface area contributed by atoms with E-state index >= 15 is 0 Å². The third kappa shape index (κ3) is 2.70. The van der Waals surface area contributed by atoms with E-state index in [1.165, 1.54) is 15.6 Å². The highest BCUT2D eigenvalue weighted by atomic mass is 79.9. The van der Waals surface area contributed by atoms with Crippen molar-refractivity contribution < 1.29 is 8.42 Å². The molecule has 1 aromatic heterocycles. The smallest absolute Gasteiger partial charge is 0.273 e. The van der Waals surface area contributed by atoms with E-state index in [1.807, 2.05) is 6.92 Å². The quantitative estimate of drug-likeness (QED) is 0.831. The van der Waals surface area contributed by atoms with E-state index in [1.54, 1.807) is 37.3 Å². The Morgan fingerprint density at radius 1 is 1.35 bits per heavy atom. The highest BCUT2D eigenvalue weighted by Gasteiger charge is 2.27. The number of rotatable bonds is 4. The molecule has 2 aromatic rings. The fourth-order valence-corrected chi connectivity index (χ4v) is 5.69. The average molecular weight is 375 g/mol. The first-order valence-corrected chi connectivity index (χ1v) is 9.06. The predicted octanol–water partition coefficient (Wildman–Crippen LogP) is 3.62. The lowest BCUT2D eigenvalue weighted by molar-refractivity contribution is 0.594. The van der Waals surface area contributed by atoms with Crippen molar-refractivity contribution in [2.45, 2.75) is 18.1 Å². The molecule has 0 aliphatic carbocycles. The van der Waals surface area contributed by atoms with Gasteiger partial charge in [-0.2, -0.15) is 0 Å². The number of benzene rings is 1. The van der Waals surface area contributed by atoms with Crippen molar-refractivity contribution in [3.05, 3.63) is 39.7 Å². The lowest BCUT2D eigenvalue weighted by atomic mass is 10.3. The van der Waals surface area contributed by atoms with E-state index in [0.29, 0.717) is 22.1 Å². The molecule has 4 nitrogen and oxygen atoms in total. The summed E-state index contributed by atoms with van der Waals surface area (Å²) in [6, 6.07) is 8.64. The Balaban J connectivity index is 2.53. The molecule has 0 aliphatic rings. The van der Waals surface area contributed by atoms with Gasteiger partial charge in [-0.3, -0.25) is 4.31 Å². The average Bonchev–Trinajstić information content (AvgIpc) is 2.73. The second-order valence-corrected chi connectivity index (χ2v) is 8.71. The minimum absolute atomic E-state index is 0.312. The van der Waals surface area contributed by atoms with Crippen molar-refractivity contribution >= 4 is 48.7 Å². The largest absolute Gasteiger partial charge is 0.397 e. The minimum Gasteiger partial charge on any atom is -0.397 e. The van der Waals surface area contributed by atoms with Gasteiger partial charge in [0.15, 0.2) is 0 Å². The van der Waals surface area contributed by atoms with Gasteiger partial charge in [0.25, 0.3) is 10.0 Å². The summed E-state index contributed by atoms with van der Waals surface area (Å²) in [6.07, 6.45) is 0. The molecule has 0 fully saturated rings. The Morgan fingerprint density at radius 2 is 2.00 bits per heavy atom. The van der Waals surface area contributed by atoms with E-state index in [9.17, 15) is 8.42 Å². The summed E-state index contributed by atoms with van der Waals surface area (Å²) >= 11 is 4.57. The first-order chi connectivity index (χ1) is 9.37. The zero-order valence-electron chi connectivity index (χ0n) is 11.1. The minimum atomic E-state index is -3.59. The van der Waals surface area contributed by atoms with Crippen LogP contribution in [-0.4, -0.2) is 15.0 Å². The molecule has 2 N–H and O–H groups in total. The molecule has 0 saturated heterocycles. The normalized spacial score (nSPS) is 11.6. The Hall–Kier alpha value is -1.05. The van der Waals surface area contributed by atoms with Gasteiger partial charge >= 0.3 is 0 Å². The topological polar surface area (TPSA) is 63.4 Å². The SMILES string of the molecule is CCN(c1ccccc1N)S(=O)(=O)c1cc(C)c(Br)s1. The van der Waals surface area contributed by atoms with Crippen LogP contribution in [0.4, 0.5) is 11.4 Å². The zero-order valence-corrected chi connectivity index (χ0v) is 14.3. The summed E-state index contributed by atoms with van der Waals surface area (Å²) in [4.78, 5) is 0. The molecule has 0 bridgehead atoms. The Kier molecular flexibility index (Phi) is 4.41. The number of nitrogen functional groups attached to an aromatic ring is 1. The van der Waals surface area contributed by atoms with Gasteiger partial charge in [-0.05, 0) is 53.5 Å². The van der Waals surface area contributed by atoms with Crippen molar-refractivity contribution in [1.82, 2.24) is 0 Å². The van der Waals surface area contributed by atoms with Crippen molar-refractivity contribution in [3.63, 3.8) is 0 Å². The highest BCUT2D eigenvalue weighted by Crippen LogP contribution is 2.35. The monoisotopic (exact) mass is 374 g/mol. The highest BCUT2D eigenvalue weighted by molar-refractivity contribution is 9.11. The number of anilines is 2. The first-order valence-electron chi connectivity index (χ1n) is 6.01. The fraction of sp³-hybridized carbons (Fsp3) is 0.231. The summed E-state index contributed by atoms with van der Waals surface area (Å²) in [6.45, 7) is 3.98. The molecular weight excluding hydrogens is 360 g/mol. The van der Waals surface area contributed by atoms with Crippen molar-refractivity contribution in [2.24, 2.45) is 0 Å². The van der Waals surface area contributed by atoms with Gasteiger partial charge < -0.3 is 5.73 Å². The van der Waals surface area contributed by atoms with Gasteiger partial charge in [0, 0.05) is 6.54 Å². The number of thiophene rings is 1. The van der Waals surface area contributed by atoms with Crippen LogP contribution in [0.2, 0.25) is 0 Å². The van der Waals surface area contributed by atoms with Crippen LogP contribution in [0.1, 0.15) is 12.5 Å². The standard InChI is InChI=1S/C13H15BrN2O2S2/c1-3-16(11-7-5-4-6-10(11)15)20(17,18)12-8-9(2)13(14)19-12/h4-8H,3,15H2,1-2H3. The third-order valence-electron chi connectivity index (χ3n) is 2.87. The first kappa shape index (κ1) is 15.3. The maximum Gasteiger partial charge on any atom is 0.273 e. The Morgan fingerprint density at radius 3 is 2.50 bits per heavy atom. The van der Waals surface area contributed by atoms with E-state index in [4.69, 9.17) is 5.73 Å². The summed E-state index contributed by atoms with van der Waals surface area (Å²) in [5.74, 6) is 0. The Bertz CT molecular complexity index is 706. The molecule has 1 heterocycles. The van der Waals surface area contributed by atoms with Gasteiger partial charge in [-0.1, -0.05) is 12.1 Å². The molecule has 2 rings (SSSR count). The maximum atomic E-state index is 12.7. The number of nitrogens with zero attached hydrogens (tertiary/aromatic N) is 1. The number of halogens is 1. The molecule has 1 aromatic carbocycles. The molecule has 0 amide bonds. The maximum absolute atomic E-state index is 12.7. The van der Waals surface area contributed by atoms with E-state index in [2.05, 4.69) is 15.9 Å². The zero-order chi connectivity index (χ0) is 14.9. The molecular formula is C13H15BrN2O2S2. The van der Waals surface area contributed by atoms with Crippen LogP contribution < -0.4 is 10.0 Å². The molecule has 0 saturated carbocycles. The van der Waals surface area contributed by atoms with Gasteiger partial charge in [0.05, 0.1) is 15.2 Å². The second kappa shape index (κ2) is 5.75. The van der Waals surface area contributed by atoms with Crippen LogP contribution in [0.15, 0.2) is 38.3 Å². The summed E-state index contributed by atoms with van der Waals surface area (Å²) < 4.78 is 28.0. The number of hydrogen-bond donors (Lipinski definition) is 1. The van der Waals surface area contributed by atoms with Gasteiger partial charge in [-0.25, -0.2) is 8.42 Å². The molecule has 7 heteroatoms. The molecule has 0 atom stereocenters. The molecule has 0 unspecified atom stereocenters. The van der Waals surface area contributed by atoms with Crippen molar-refractivity contribution in [2.75, 3.05) is 16.6 Å². The van der Waals surface area contributed by atoms with Crippen LogP contribution in [0.5, 0.6) is 0 Å². The van der Waals surface area contributed by atoms with Crippen LogP contribution in [0, 0.1) is 6.92 Å². The second-order valence-electron chi connectivity index (χ2n) is 4.25. The van der Waals surface area contributed by atoms with Crippen LogP contribution in [-0.2, 0) is 10.0 Å². The van der Waals surface area contributed by atoms with Gasteiger partial charge in [0.2, 0.25) is 0 Å². The van der Waals surface area contributed by atoms with E-state index in [0.717, 1.165) is 9.35 Å². The summed E-state index contributed by atoms with van der Waals surface area (Å²) in [5, 5.41) is 0. The molecule has 0 radical (unpaired) electrons. The predicted molar refractivity (Wildman–Crippen MR) is 87.8 cm³/mol. The third-order valence-corrected chi connectivity index (χ3v) is 7.35.